The fourth-order valence-electron chi connectivity index (χ4n) is 3.30. The summed E-state index contributed by atoms with van der Waals surface area (Å²) in [7, 11) is 0. The third-order valence-corrected chi connectivity index (χ3v) is 4.80. The van der Waals surface area contributed by atoms with Crippen LogP contribution in [-0.4, -0.2) is 27.0 Å². The highest BCUT2D eigenvalue weighted by molar-refractivity contribution is 5.63. The van der Waals surface area contributed by atoms with Crippen LogP contribution in [0.3, 0.4) is 0 Å². The molecule has 6 nitrogen and oxygen atoms in total. The van der Waals surface area contributed by atoms with Crippen molar-refractivity contribution < 1.29 is 0 Å². The highest BCUT2D eigenvalue weighted by Crippen LogP contribution is 2.32. The fraction of sp³-hybridized carbons (Fsp3) is 0.318. The number of hydrogen-bond acceptors (Lipinski definition) is 6. The van der Waals surface area contributed by atoms with E-state index in [2.05, 4.69) is 44.9 Å². The molecule has 1 aliphatic rings. The molecule has 4 N–H and O–H groups in total. The van der Waals surface area contributed by atoms with Gasteiger partial charge in [0.1, 0.15) is 5.82 Å². The molecule has 0 bridgehead atoms. The van der Waals surface area contributed by atoms with Gasteiger partial charge in [-0.3, -0.25) is 0 Å². The third-order valence-electron chi connectivity index (χ3n) is 4.80. The second-order valence-corrected chi connectivity index (χ2v) is 7.95. The highest BCUT2D eigenvalue weighted by atomic mass is 15.1. The monoisotopic (exact) mass is 374 g/mol. The number of rotatable bonds is 5. The first kappa shape index (κ1) is 18.4. The lowest BCUT2D eigenvalue weighted by Gasteiger charge is -2.26. The van der Waals surface area contributed by atoms with Gasteiger partial charge < -0.3 is 16.4 Å². The van der Waals surface area contributed by atoms with Gasteiger partial charge in [-0.2, -0.15) is 0 Å². The molecule has 1 unspecified atom stereocenters. The second kappa shape index (κ2) is 7.56. The van der Waals surface area contributed by atoms with E-state index in [1.54, 1.807) is 6.20 Å². The van der Waals surface area contributed by atoms with Crippen LogP contribution in [-0.2, 0) is 6.42 Å². The van der Waals surface area contributed by atoms with Gasteiger partial charge in [-0.15, -0.1) is 0 Å². The van der Waals surface area contributed by atoms with Crippen molar-refractivity contribution in [2.75, 3.05) is 17.2 Å². The van der Waals surface area contributed by atoms with Gasteiger partial charge in [-0.05, 0) is 44.4 Å². The van der Waals surface area contributed by atoms with E-state index in [0.717, 1.165) is 35.6 Å². The summed E-state index contributed by atoms with van der Waals surface area (Å²) in [5, 5.41) is 6.79. The Kier molecular flexibility index (Phi) is 4.96. The number of nitrogens with one attached hydrogen (secondary N) is 2. The largest absolute Gasteiger partial charge is 0.361 e. The van der Waals surface area contributed by atoms with Gasteiger partial charge in [0.2, 0.25) is 5.95 Å². The second-order valence-electron chi connectivity index (χ2n) is 7.95. The van der Waals surface area contributed by atoms with Crippen LogP contribution in [0.5, 0.6) is 0 Å². The topological polar surface area (TPSA) is 88.8 Å². The van der Waals surface area contributed by atoms with Crippen LogP contribution in [0.2, 0.25) is 0 Å². The predicted molar refractivity (Wildman–Crippen MR) is 113 cm³/mol. The van der Waals surface area contributed by atoms with Gasteiger partial charge in [-0.25, -0.2) is 15.0 Å². The van der Waals surface area contributed by atoms with Crippen molar-refractivity contribution in [3.8, 4) is 11.3 Å². The zero-order valence-electron chi connectivity index (χ0n) is 16.3. The van der Waals surface area contributed by atoms with Gasteiger partial charge in [0.05, 0.1) is 17.4 Å². The average molecular weight is 374 g/mol. The Morgan fingerprint density at radius 2 is 1.93 bits per heavy atom. The maximum atomic E-state index is 6.04. The van der Waals surface area contributed by atoms with Gasteiger partial charge >= 0.3 is 0 Å². The molecule has 1 atom stereocenters. The maximum absolute atomic E-state index is 6.04. The fourth-order valence-corrected chi connectivity index (χ4v) is 3.30. The first-order valence-corrected chi connectivity index (χ1v) is 9.65. The van der Waals surface area contributed by atoms with Gasteiger partial charge in [0, 0.05) is 23.8 Å². The summed E-state index contributed by atoms with van der Waals surface area (Å²) in [6.07, 6.45) is 3.73. The molecule has 3 heterocycles. The van der Waals surface area contributed by atoms with Crippen LogP contribution < -0.4 is 16.4 Å². The predicted octanol–water partition coefficient (Wildman–Crippen LogP) is 3.79. The summed E-state index contributed by atoms with van der Waals surface area (Å²) >= 11 is 0. The molecule has 0 saturated heterocycles. The van der Waals surface area contributed by atoms with E-state index in [-0.39, 0.29) is 11.6 Å². The molecule has 28 heavy (non-hydrogen) atoms. The molecular weight excluding hydrogens is 348 g/mol. The Morgan fingerprint density at radius 3 is 2.71 bits per heavy atom. The molecule has 1 aliphatic heterocycles. The zero-order chi connectivity index (χ0) is 19.6. The molecular formula is C22H26N6. The number of nitrogens with two attached hydrogens (primary N) is 1. The molecule has 0 radical (unpaired) electrons. The van der Waals surface area contributed by atoms with Crippen molar-refractivity contribution in [2.45, 2.75) is 38.3 Å². The van der Waals surface area contributed by atoms with E-state index >= 15 is 0 Å². The summed E-state index contributed by atoms with van der Waals surface area (Å²) in [4.78, 5) is 13.9. The van der Waals surface area contributed by atoms with E-state index < -0.39 is 0 Å². The van der Waals surface area contributed by atoms with Gasteiger partial charge in [0.25, 0.3) is 0 Å². The summed E-state index contributed by atoms with van der Waals surface area (Å²) in [5.41, 5.74) is 10.0. The van der Waals surface area contributed by atoms with Crippen LogP contribution in [0, 0.1) is 0 Å². The minimum Gasteiger partial charge on any atom is -0.361 e. The van der Waals surface area contributed by atoms with E-state index in [4.69, 9.17) is 10.7 Å². The molecule has 4 rings (SSSR count). The van der Waals surface area contributed by atoms with Gasteiger partial charge in [0.15, 0.2) is 0 Å². The minimum atomic E-state index is -0.320. The molecule has 6 heteroatoms. The molecule has 1 aromatic carbocycles. The van der Waals surface area contributed by atoms with Crippen molar-refractivity contribution in [2.24, 2.45) is 5.73 Å². The van der Waals surface area contributed by atoms with Crippen molar-refractivity contribution >= 4 is 11.8 Å². The number of aromatic nitrogens is 3. The van der Waals surface area contributed by atoms with E-state index in [1.807, 2.05) is 38.1 Å². The molecule has 0 aliphatic carbocycles. The Hall–Kier alpha value is -2.99. The molecule has 144 valence electrons. The van der Waals surface area contributed by atoms with Crippen molar-refractivity contribution in [1.82, 2.24) is 15.0 Å². The van der Waals surface area contributed by atoms with Crippen LogP contribution in [0.4, 0.5) is 11.8 Å². The van der Waals surface area contributed by atoms with Crippen LogP contribution in [0.25, 0.3) is 11.3 Å². The number of nitrogens with zero attached hydrogens (tertiary/aromatic N) is 3. The van der Waals surface area contributed by atoms with E-state index in [0.29, 0.717) is 12.5 Å². The van der Waals surface area contributed by atoms with Crippen LogP contribution in [0.15, 0.2) is 54.7 Å². The number of fused-ring (bicyclic) bond motifs is 1. The molecule has 0 spiro atoms. The van der Waals surface area contributed by atoms with Crippen LogP contribution in [0.1, 0.15) is 37.6 Å². The Bertz CT molecular complexity index is 949. The SMILES string of the molecule is CC(C)(N)CNc1nccc(C2CCc3ccc(-c4ccccc4)nc3N2)n1. The lowest BCUT2D eigenvalue weighted by atomic mass is 9.98. The zero-order valence-corrected chi connectivity index (χ0v) is 16.3. The standard InChI is InChI=1S/C22H26N6/c1-22(2,23)14-25-21-24-13-12-19(28-21)18-11-9-16-8-10-17(26-20(16)27-18)15-6-4-3-5-7-15/h3-8,10,12-13,18H,9,11,14,23H2,1-2H3,(H,26,27)(H,24,25,28). The summed E-state index contributed by atoms with van der Waals surface area (Å²) in [6, 6.07) is 16.6. The Balaban J connectivity index is 1.54. The summed E-state index contributed by atoms with van der Waals surface area (Å²) < 4.78 is 0. The first-order valence-electron chi connectivity index (χ1n) is 9.65. The average Bonchev–Trinajstić information content (AvgIpc) is 2.72. The smallest absolute Gasteiger partial charge is 0.222 e. The molecule has 0 fully saturated rings. The molecule has 3 aromatic rings. The van der Waals surface area contributed by atoms with E-state index in [9.17, 15) is 0 Å². The van der Waals surface area contributed by atoms with Crippen molar-refractivity contribution in [3.63, 3.8) is 0 Å². The third kappa shape index (κ3) is 4.28. The Labute approximate surface area is 165 Å². The van der Waals surface area contributed by atoms with Gasteiger partial charge in [-0.1, -0.05) is 36.4 Å². The number of pyridine rings is 1. The first-order chi connectivity index (χ1) is 13.5. The number of anilines is 2. The molecule has 0 amide bonds. The molecule has 0 saturated carbocycles. The highest BCUT2D eigenvalue weighted by Gasteiger charge is 2.22. The van der Waals surface area contributed by atoms with Crippen LogP contribution >= 0.6 is 0 Å². The lowest BCUT2D eigenvalue weighted by molar-refractivity contribution is 0.547. The van der Waals surface area contributed by atoms with E-state index in [1.165, 1.54) is 5.56 Å². The Morgan fingerprint density at radius 1 is 1.11 bits per heavy atom. The summed E-state index contributed by atoms with van der Waals surface area (Å²) in [6.45, 7) is 4.55. The molecule has 2 aromatic heterocycles. The van der Waals surface area contributed by atoms with Crippen molar-refractivity contribution in [1.29, 1.82) is 0 Å². The number of hydrogen-bond donors (Lipinski definition) is 3. The number of aryl methyl sites for hydroxylation is 1. The summed E-state index contributed by atoms with van der Waals surface area (Å²) in [5.74, 6) is 1.54. The maximum Gasteiger partial charge on any atom is 0.222 e. The van der Waals surface area contributed by atoms with Crippen molar-refractivity contribution in [3.05, 3.63) is 66.0 Å². The lowest BCUT2D eigenvalue weighted by Crippen LogP contribution is -2.40. The number of benzene rings is 1. The normalized spacial score (nSPS) is 16.2. The quantitative estimate of drug-likeness (QED) is 0.630. The minimum absolute atomic E-state index is 0.112.